The molecule has 1 heterocycles. The van der Waals surface area contributed by atoms with E-state index in [2.05, 4.69) is 4.57 Å². The highest BCUT2D eigenvalue weighted by Crippen LogP contribution is 2.33. The third-order valence-electron chi connectivity index (χ3n) is 3.52. The molecule has 3 heteroatoms. The van der Waals surface area contributed by atoms with Crippen molar-refractivity contribution in [3.05, 3.63) is 36.0 Å². The van der Waals surface area contributed by atoms with Gasteiger partial charge in [0.05, 0.1) is 5.56 Å². The zero-order valence-corrected chi connectivity index (χ0v) is 9.60. The van der Waals surface area contributed by atoms with Crippen molar-refractivity contribution in [3.8, 4) is 0 Å². The standard InChI is InChI=1S/C14H15NO2/c16-14(17)12-2-1-3-13-11(12)7-9-15(13)8-6-10-4-5-10/h1-3,7,9-10H,4-6,8H2,(H,16,17). The third kappa shape index (κ3) is 1.93. The van der Waals surface area contributed by atoms with Crippen molar-refractivity contribution in [1.29, 1.82) is 0 Å². The van der Waals surface area contributed by atoms with Gasteiger partial charge in [-0.1, -0.05) is 18.9 Å². The smallest absolute Gasteiger partial charge is 0.336 e. The highest BCUT2D eigenvalue weighted by molar-refractivity contribution is 6.02. The minimum absolute atomic E-state index is 0.396. The molecule has 0 spiro atoms. The maximum Gasteiger partial charge on any atom is 0.336 e. The normalized spacial score (nSPS) is 15.3. The van der Waals surface area contributed by atoms with Crippen LogP contribution in [0, 0.1) is 5.92 Å². The van der Waals surface area contributed by atoms with Crippen LogP contribution in [0.25, 0.3) is 10.9 Å². The Hall–Kier alpha value is -1.77. The van der Waals surface area contributed by atoms with Crippen molar-refractivity contribution in [2.45, 2.75) is 25.8 Å². The Morgan fingerprint density at radius 3 is 2.88 bits per heavy atom. The summed E-state index contributed by atoms with van der Waals surface area (Å²) in [5.41, 5.74) is 1.43. The predicted molar refractivity (Wildman–Crippen MR) is 66.2 cm³/mol. The summed E-state index contributed by atoms with van der Waals surface area (Å²) in [5.74, 6) is 0.0469. The van der Waals surface area contributed by atoms with E-state index in [0.29, 0.717) is 5.56 Å². The first-order valence-corrected chi connectivity index (χ1v) is 6.07. The molecule has 0 radical (unpaired) electrons. The largest absolute Gasteiger partial charge is 0.478 e. The van der Waals surface area contributed by atoms with Crippen LogP contribution in [0.3, 0.4) is 0 Å². The average molecular weight is 229 g/mol. The van der Waals surface area contributed by atoms with Crippen LogP contribution >= 0.6 is 0 Å². The second-order valence-electron chi connectivity index (χ2n) is 4.78. The Morgan fingerprint density at radius 2 is 2.18 bits per heavy atom. The van der Waals surface area contributed by atoms with E-state index in [9.17, 15) is 4.79 Å². The topological polar surface area (TPSA) is 42.2 Å². The van der Waals surface area contributed by atoms with Crippen molar-refractivity contribution in [2.75, 3.05) is 0 Å². The second kappa shape index (κ2) is 3.91. The van der Waals surface area contributed by atoms with Gasteiger partial charge in [-0.05, 0) is 30.5 Å². The van der Waals surface area contributed by atoms with E-state index in [1.807, 2.05) is 24.4 Å². The zero-order valence-electron chi connectivity index (χ0n) is 9.60. The average Bonchev–Trinajstić information content (AvgIpc) is 3.06. The van der Waals surface area contributed by atoms with Gasteiger partial charge in [-0.2, -0.15) is 0 Å². The minimum Gasteiger partial charge on any atom is -0.478 e. The summed E-state index contributed by atoms with van der Waals surface area (Å²) in [6.45, 7) is 0.997. The van der Waals surface area contributed by atoms with Crippen LogP contribution in [0.5, 0.6) is 0 Å². The molecule has 1 aliphatic carbocycles. The molecule has 1 aliphatic rings. The van der Waals surface area contributed by atoms with Gasteiger partial charge in [0, 0.05) is 23.6 Å². The summed E-state index contributed by atoms with van der Waals surface area (Å²) in [6, 6.07) is 7.38. The molecular formula is C14H15NO2. The Balaban J connectivity index is 1.96. The van der Waals surface area contributed by atoms with E-state index in [-0.39, 0.29) is 0 Å². The molecule has 2 aromatic rings. The number of hydrogen-bond donors (Lipinski definition) is 1. The van der Waals surface area contributed by atoms with Gasteiger partial charge in [-0.3, -0.25) is 0 Å². The number of aromatic nitrogens is 1. The van der Waals surface area contributed by atoms with Gasteiger partial charge in [0.15, 0.2) is 0 Å². The number of aromatic carboxylic acids is 1. The number of aryl methyl sites for hydroxylation is 1. The predicted octanol–water partition coefficient (Wildman–Crippen LogP) is 3.14. The summed E-state index contributed by atoms with van der Waals surface area (Å²) in [6.07, 6.45) is 5.93. The highest BCUT2D eigenvalue weighted by Gasteiger charge is 2.21. The molecule has 1 fully saturated rings. The maximum absolute atomic E-state index is 11.1. The number of hydrogen-bond acceptors (Lipinski definition) is 1. The first-order valence-electron chi connectivity index (χ1n) is 6.07. The van der Waals surface area contributed by atoms with Gasteiger partial charge in [-0.25, -0.2) is 4.79 Å². The van der Waals surface area contributed by atoms with E-state index in [1.54, 1.807) is 6.07 Å². The second-order valence-corrected chi connectivity index (χ2v) is 4.78. The Kier molecular flexibility index (Phi) is 2.39. The molecule has 88 valence electrons. The maximum atomic E-state index is 11.1. The van der Waals surface area contributed by atoms with Crippen molar-refractivity contribution >= 4 is 16.9 Å². The van der Waals surface area contributed by atoms with E-state index in [1.165, 1.54) is 19.3 Å². The van der Waals surface area contributed by atoms with Crippen LogP contribution in [0.4, 0.5) is 0 Å². The van der Waals surface area contributed by atoms with Gasteiger partial charge in [0.2, 0.25) is 0 Å². The zero-order chi connectivity index (χ0) is 11.8. The Labute approximate surface area is 99.7 Å². The molecule has 0 amide bonds. The van der Waals surface area contributed by atoms with Crippen LogP contribution in [-0.4, -0.2) is 15.6 Å². The van der Waals surface area contributed by atoms with Crippen molar-refractivity contribution < 1.29 is 9.90 Å². The van der Waals surface area contributed by atoms with E-state index >= 15 is 0 Å². The molecule has 3 rings (SSSR count). The molecule has 1 saturated carbocycles. The lowest BCUT2D eigenvalue weighted by Crippen LogP contribution is -1.99. The fourth-order valence-electron chi connectivity index (χ4n) is 2.33. The van der Waals surface area contributed by atoms with Crippen LogP contribution in [0.2, 0.25) is 0 Å². The quantitative estimate of drug-likeness (QED) is 0.875. The molecule has 0 bridgehead atoms. The lowest BCUT2D eigenvalue weighted by molar-refractivity contribution is 0.0699. The van der Waals surface area contributed by atoms with Crippen LogP contribution in [-0.2, 0) is 6.54 Å². The summed E-state index contributed by atoms with van der Waals surface area (Å²) >= 11 is 0. The Morgan fingerprint density at radius 1 is 1.35 bits per heavy atom. The van der Waals surface area contributed by atoms with E-state index in [4.69, 9.17) is 5.11 Å². The molecular weight excluding hydrogens is 214 g/mol. The number of fused-ring (bicyclic) bond motifs is 1. The summed E-state index contributed by atoms with van der Waals surface area (Å²) in [4.78, 5) is 11.1. The summed E-state index contributed by atoms with van der Waals surface area (Å²) in [5, 5.41) is 9.95. The van der Waals surface area contributed by atoms with Crippen LogP contribution in [0.1, 0.15) is 29.6 Å². The molecule has 17 heavy (non-hydrogen) atoms. The summed E-state index contributed by atoms with van der Waals surface area (Å²) < 4.78 is 2.17. The minimum atomic E-state index is -0.851. The number of nitrogens with zero attached hydrogens (tertiary/aromatic N) is 1. The van der Waals surface area contributed by atoms with Crippen LogP contribution in [0.15, 0.2) is 30.5 Å². The third-order valence-corrected chi connectivity index (χ3v) is 3.52. The Bertz CT molecular complexity index is 567. The van der Waals surface area contributed by atoms with Crippen molar-refractivity contribution in [2.24, 2.45) is 5.92 Å². The van der Waals surface area contributed by atoms with Crippen molar-refractivity contribution in [1.82, 2.24) is 4.57 Å². The highest BCUT2D eigenvalue weighted by atomic mass is 16.4. The van der Waals surface area contributed by atoms with Gasteiger partial charge in [0.1, 0.15) is 0 Å². The molecule has 1 N–H and O–H groups in total. The van der Waals surface area contributed by atoms with Gasteiger partial charge in [0.25, 0.3) is 0 Å². The molecule has 0 saturated heterocycles. The van der Waals surface area contributed by atoms with Crippen molar-refractivity contribution in [3.63, 3.8) is 0 Å². The first kappa shape index (κ1) is 10.4. The molecule has 1 aromatic heterocycles. The number of carboxylic acids is 1. The molecule has 0 aliphatic heterocycles. The first-order chi connectivity index (χ1) is 8.25. The molecule has 1 aromatic carbocycles. The fraction of sp³-hybridized carbons (Fsp3) is 0.357. The van der Waals surface area contributed by atoms with Gasteiger partial charge < -0.3 is 9.67 Å². The molecule has 0 unspecified atom stereocenters. The van der Waals surface area contributed by atoms with Gasteiger partial charge in [-0.15, -0.1) is 0 Å². The van der Waals surface area contributed by atoms with E-state index < -0.39 is 5.97 Å². The number of carboxylic acid groups (broad SMARTS) is 1. The lowest BCUT2D eigenvalue weighted by Gasteiger charge is -2.05. The number of benzene rings is 1. The molecule has 0 atom stereocenters. The number of rotatable bonds is 4. The lowest BCUT2D eigenvalue weighted by atomic mass is 10.1. The monoisotopic (exact) mass is 229 g/mol. The van der Waals surface area contributed by atoms with Gasteiger partial charge >= 0.3 is 5.97 Å². The summed E-state index contributed by atoms with van der Waals surface area (Å²) in [7, 11) is 0. The van der Waals surface area contributed by atoms with Crippen LogP contribution < -0.4 is 0 Å². The fourth-order valence-corrected chi connectivity index (χ4v) is 2.33. The van der Waals surface area contributed by atoms with E-state index in [0.717, 1.165) is 23.4 Å². The SMILES string of the molecule is O=C(O)c1cccc2c1ccn2CCC1CC1. The molecule has 3 nitrogen and oxygen atoms in total. The number of carbonyl (C=O) groups is 1.